The van der Waals surface area contributed by atoms with Gasteiger partial charge >= 0.3 is 24.4 Å². The van der Waals surface area contributed by atoms with Crippen LogP contribution >= 0.6 is 11.3 Å². The number of imidazole rings is 4. The predicted octanol–water partition coefficient (Wildman–Crippen LogP) is 13.5. The zero-order chi connectivity index (χ0) is 80.8. The summed E-state index contributed by atoms with van der Waals surface area (Å²) in [4.78, 5) is 151. The average Bonchev–Trinajstić information content (AvgIpc) is 1.57. The van der Waals surface area contributed by atoms with Crippen LogP contribution in [0.3, 0.4) is 0 Å². The van der Waals surface area contributed by atoms with Crippen molar-refractivity contribution in [3.63, 3.8) is 0 Å². The second-order valence-corrected chi connectivity index (χ2v) is 31.5. The number of carbonyl (C=O) groups is 8. The lowest BCUT2D eigenvalue weighted by atomic mass is 9.97. The molecule has 0 bridgehead atoms. The molecule has 0 radical (unpaired) electrons. The van der Waals surface area contributed by atoms with Gasteiger partial charge in [0.15, 0.2) is 0 Å². The van der Waals surface area contributed by atoms with Gasteiger partial charge in [0, 0.05) is 54.5 Å². The number of thiazole rings is 1. The summed E-state index contributed by atoms with van der Waals surface area (Å²) in [5.74, 6) is 1.80. The molecule has 30 nitrogen and oxygen atoms in total. The maximum Gasteiger partial charge on any atom is 0.407 e. The summed E-state index contributed by atoms with van der Waals surface area (Å²) in [5, 5.41) is 11.9. The van der Waals surface area contributed by atoms with Crippen LogP contribution in [0.15, 0.2) is 115 Å². The van der Waals surface area contributed by atoms with E-state index in [1.807, 2.05) is 106 Å². The van der Waals surface area contributed by atoms with Crippen LogP contribution in [-0.4, -0.2) is 196 Å². The fourth-order valence-electron chi connectivity index (χ4n) is 16.0. The van der Waals surface area contributed by atoms with Crippen LogP contribution < -0.4 is 21.3 Å². The topological polar surface area (TPSA) is 378 Å². The number of rotatable bonds is 22. The second-order valence-electron chi connectivity index (χ2n) is 30.7. The molecule has 8 atom stereocenters. The van der Waals surface area contributed by atoms with Gasteiger partial charge in [-0.25, -0.2) is 44.1 Å². The van der Waals surface area contributed by atoms with Gasteiger partial charge in [-0.2, -0.15) is 0 Å². The molecule has 9 N–H and O–H groups in total. The molecule has 600 valence electrons. The number of aromatic amines is 5. The molecule has 114 heavy (non-hydrogen) atoms. The summed E-state index contributed by atoms with van der Waals surface area (Å²) in [5.41, 5.74) is 15.0. The molecule has 8 amide bonds. The van der Waals surface area contributed by atoms with Gasteiger partial charge in [-0.05, 0) is 109 Å². The highest BCUT2D eigenvalue weighted by Gasteiger charge is 2.42. The van der Waals surface area contributed by atoms with E-state index < -0.39 is 48.5 Å². The van der Waals surface area contributed by atoms with Gasteiger partial charge < -0.3 is 84.7 Å². The number of carbonyl (C=O) groups excluding carboxylic acids is 8. The second kappa shape index (κ2) is 35.0. The molecule has 10 aromatic rings. The van der Waals surface area contributed by atoms with Crippen molar-refractivity contribution in [1.82, 2.24) is 90.7 Å². The Morgan fingerprint density at radius 2 is 0.693 bits per heavy atom. The van der Waals surface area contributed by atoms with Crippen molar-refractivity contribution in [1.29, 1.82) is 0 Å². The first-order valence-corrected chi connectivity index (χ1v) is 39.8. The molecule has 4 aliphatic rings. The minimum atomic E-state index is -0.704. The first kappa shape index (κ1) is 80.2. The number of ether oxygens (including phenoxy) is 4. The molecule has 14 rings (SSSR count). The van der Waals surface area contributed by atoms with E-state index in [0.717, 1.165) is 146 Å². The van der Waals surface area contributed by atoms with Crippen molar-refractivity contribution in [2.75, 3.05) is 54.6 Å². The molecular weight excluding hydrogens is 1470 g/mol. The molecule has 31 heteroatoms. The van der Waals surface area contributed by atoms with Crippen molar-refractivity contribution < 1.29 is 57.3 Å². The Bertz CT molecular complexity index is 4800. The zero-order valence-corrected chi connectivity index (χ0v) is 67.0. The normalized spacial score (nSPS) is 18.0. The number of likely N-dealkylation sites (tertiary alicyclic amines) is 4. The Balaban J connectivity index is 0.000000199. The Labute approximate surface area is 664 Å². The third-order valence-corrected chi connectivity index (χ3v) is 23.0. The number of H-pyrrole nitrogens is 5. The molecule has 10 heterocycles. The van der Waals surface area contributed by atoms with E-state index in [4.69, 9.17) is 43.9 Å². The largest absolute Gasteiger partial charge is 0.453 e. The first-order chi connectivity index (χ1) is 55.0. The summed E-state index contributed by atoms with van der Waals surface area (Å²) in [6.45, 7) is 17.5. The van der Waals surface area contributed by atoms with Crippen LogP contribution in [0.4, 0.5) is 19.2 Å². The minimum Gasteiger partial charge on any atom is -0.453 e. The van der Waals surface area contributed by atoms with Crippen LogP contribution in [0.1, 0.15) is 154 Å². The lowest BCUT2D eigenvalue weighted by molar-refractivity contribution is -0.136. The molecule has 0 saturated carbocycles. The van der Waals surface area contributed by atoms with Crippen LogP contribution in [0.2, 0.25) is 0 Å². The van der Waals surface area contributed by atoms with Crippen molar-refractivity contribution in [3.05, 3.63) is 139 Å². The number of benzene rings is 4. The standard InChI is InChI=1S/C42H51N9O6.C41H49N9O6S/c1-23(2)34(48-41(54)56-5)39(52)50-19-7-9-32(50)37-44-21-30(46-37)26-13-11-25(12-14-26)27-15-16-29(36-28(27)17-18-43-36)31-22-45-38(47-31)33-10-8-20-51(33)40(53)35(24(3)4)49-42(55)57-6;1-22(2)32(47-40(53)55-5)38(51)49-17-7-9-30(49)36-42-19-28(45-36)25-13-11-24(12-14-25)26-15-16-27(35-34(26)44-21-57-35)29-20-43-37(46-29)31-10-8-18-50(31)39(52)33(23(3)4)48-41(54)56-6/h11-18,21-24,32-35,43H,7-10,19-20H2,1-6H3,(H,44,46)(H,45,47)(H,48,54)(H,49,55);11-16,19-23,30-33H,7-10,17-18H2,1-6H3,(H,42,45)(H,43,46)(H,47,53)(H,48,54)/t32-,33-,34-,35-;30-,31-,32-,33-/m00/s1. The molecule has 0 spiro atoms. The SMILES string of the molecule is COC(=O)N[C@H](C(=O)N1CCC[C@H]1c1ncc(-c2ccc(-c3ccc(-c4cnc([C@@H]5CCCN5C(=O)[C@@H](NC(=O)OC)C(C)C)[nH]4)c4[nH]ccc34)cc2)[nH]1)C(C)C.COC(=O)N[C@H](C(=O)N1CCC[C@H]1c1ncc(-c2ccc(-c3ccc(-c4cnc([C@@H]5CCCN5C(=O)[C@@H](NC(=O)OC)C(C)C)[nH]4)c4scnc34)cc2)[nH]1)C(C)C. The number of hydrogen-bond donors (Lipinski definition) is 9. The Hall–Kier alpha value is -11.9. The van der Waals surface area contributed by atoms with Gasteiger partial charge in [-0.15, -0.1) is 11.3 Å². The quantitative estimate of drug-likeness (QED) is 0.0285. The van der Waals surface area contributed by atoms with Crippen molar-refractivity contribution in [3.8, 4) is 67.3 Å². The third-order valence-electron chi connectivity index (χ3n) is 22.2. The number of amides is 8. The summed E-state index contributed by atoms with van der Waals surface area (Å²) in [6, 6.07) is 23.2. The number of hydrogen-bond acceptors (Lipinski definition) is 18. The van der Waals surface area contributed by atoms with E-state index in [-0.39, 0.29) is 71.5 Å². The predicted molar refractivity (Wildman–Crippen MR) is 431 cm³/mol. The van der Waals surface area contributed by atoms with Crippen LogP contribution in [0, 0.1) is 23.7 Å². The number of nitrogens with zero attached hydrogens (tertiary/aromatic N) is 9. The van der Waals surface area contributed by atoms with E-state index in [2.05, 4.69) is 113 Å². The highest BCUT2D eigenvalue weighted by atomic mass is 32.1. The van der Waals surface area contributed by atoms with E-state index in [0.29, 0.717) is 43.7 Å². The smallest absolute Gasteiger partial charge is 0.407 e. The van der Waals surface area contributed by atoms with Gasteiger partial charge in [0.25, 0.3) is 0 Å². The van der Waals surface area contributed by atoms with Gasteiger partial charge in [0.1, 0.15) is 47.5 Å². The maximum absolute atomic E-state index is 13.7. The first-order valence-electron chi connectivity index (χ1n) is 39.0. The average molecular weight is 1570 g/mol. The molecule has 0 unspecified atom stereocenters. The molecule has 6 aromatic heterocycles. The van der Waals surface area contributed by atoms with Crippen molar-refractivity contribution >= 4 is 80.5 Å². The van der Waals surface area contributed by atoms with E-state index in [1.165, 1.54) is 28.4 Å². The van der Waals surface area contributed by atoms with Crippen LogP contribution in [0.25, 0.3) is 88.4 Å². The Morgan fingerprint density at radius 3 is 1.05 bits per heavy atom. The van der Waals surface area contributed by atoms with Gasteiger partial charge in [0.2, 0.25) is 23.6 Å². The van der Waals surface area contributed by atoms with Gasteiger partial charge in [-0.1, -0.05) is 128 Å². The summed E-state index contributed by atoms with van der Waals surface area (Å²) < 4.78 is 20.1. The van der Waals surface area contributed by atoms with E-state index >= 15 is 0 Å². The van der Waals surface area contributed by atoms with E-state index in [9.17, 15) is 38.4 Å². The third kappa shape index (κ3) is 16.8. The van der Waals surface area contributed by atoms with Crippen LogP contribution in [0.5, 0.6) is 0 Å². The molecule has 4 fully saturated rings. The summed E-state index contributed by atoms with van der Waals surface area (Å²) in [7, 11) is 5.15. The van der Waals surface area contributed by atoms with Crippen LogP contribution in [-0.2, 0) is 38.1 Å². The lowest BCUT2D eigenvalue weighted by Gasteiger charge is -2.30. The molecule has 4 aliphatic heterocycles. The number of nitrogens with one attached hydrogen (secondary N) is 9. The number of fused-ring (bicyclic) bond motifs is 2. The summed E-state index contributed by atoms with van der Waals surface area (Å²) >= 11 is 1.56. The summed E-state index contributed by atoms with van der Waals surface area (Å²) in [6.07, 6.45) is 13.1. The number of aromatic nitrogens is 10. The van der Waals surface area contributed by atoms with Gasteiger partial charge in [0.05, 0.1) is 121 Å². The van der Waals surface area contributed by atoms with Crippen molar-refractivity contribution in [2.24, 2.45) is 23.7 Å². The monoisotopic (exact) mass is 1570 g/mol. The van der Waals surface area contributed by atoms with Gasteiger partial charge in [-0.3, -0.25) is 19.2 Å². The minimum absolute atomic E-state index is 0.111. The molecule has 4 aromatic carbocycles. The maximum atomic E-state index is 13.7. The molecule has 0 aliphatic carbocycles. The fraction of sp³-hybridized carbons (Fsp3) is 0.434. The molecular formula is C83H100N18O12S. The van der Waals surface area contributed by atoms with E-state index in [1.54, 1.807) is 28.6 Å². The Kier molecular flexibility index (Phi) is 24.6. The number of methoxy groups -OCH3 is 4. The Morgan fingerprint density at radius 1 is 0.386 bits per heavy atom. The number of alkyl carbamates (subject to hydrolysis) is 4. The lowest BCUT2D eigenvalue weighted by Crippen LogP contribution is -2.51. The fourth-order valence-corrected chi connectivity index (χ4v) is 16.9. The molecule has 4 saturated heterocycles. The zero-order valence-electron chi connectivity index (χ0n) is 66.2. The highest BCUT2D eigenvalue weighted by Crippen LogP contribution is 2.43. The van der Waals surface area contributed by atoms with Crippen molar-refractivity contribution in [2.45, 2.75) is 155 Å². The highest BCUT2D eigenvalue weighted by molar-refractivity contribution is 7.17.